The Morgan fingerprint density at radius 3 is 3.00 bits per heavy atom. The average molecular weight is 225 g/mol. The molecule has 17 heavy (non-hydrogen) atoms. The molecular formula is C13H11N3O. The lowest BCUT2D eigenvalue weighted by atomic mass is 10.1. The van der Waals surface area contributed by atoms with Crippen LogP contribution in [0.25, 0.3) is 10.9 Å². The van der Waals surface area contributed by atoms with Crippen LogP contribution in [0.4, 0.5) is 0 Å². The number of para-hydroxylation sites is 1. The SMILES string of the molecule is Cc1cc(C(=O)NCC#N)c2ccccc2n1. The molecule has 2 aromatic rings. The Bertz CT molecular complexity index is 614. The molecule has 0 saturated carbocycles. The Labute approximate surface area is 98.9 Å². The number of nitriles is 1. The zero-order chi connectivity index (χ0) is 12.3. The number of nitrogens with zero attached hydrogens (tertiary/aromatic N) is 2. The van der Waals surface area contributed by atoms with Crippen molar-refractivity contribution in [1.29, 1.82) is 5.26 Å². The highest BCUT2D eigenvalue weighted by molar-refractivity contribution is 6.06. The molecule has 1 aromatic carbocycles. The van der Waals surface area contributed by atoms with Gasteiger partial charge >= 0.3 is 0 Å². The standard InChI is InChI=1S/C13H11N3O/c1-9-8-11(13(17)15-7-6-14)10-4-2-3-5-12(10)16-9/h2-5,8H,7H2,1H3,(H,15,17). The molecular weight excluding hydrogens is 214 g/mol. The summed E-state index contributed by atoms with van der Waals surface area (Å²) in [5, 5.41) is 11.8. The number of aryl methyl sites for hydroxylation is 1. The van der Waals surface area contributed by atoms with Crippen LogP contribution in [0.3, 0.4) is 0 Å². The summed E-state index contributed by atoms with van der Waals surface area (Å²) in [6.07, 6.45) is 0. The second-order valence-electron chi connectivity index (χ2n) is 3.67. The van der Waals surface area contributed by atoms with Gasteiger partial charge in [0.15, 0.2) is 0 Å². The summed E-state index contributed by atoms with van der Waals surface area (Å²) in [7, 11) is 0. The Morgan fingerprint density at radius 2 is 2.24 bits per heavy atom. The van der Waals surface area contributed by atoms with Crippen LogP contribution in [0.2, 0.25) is 0 Å². The van der Waals surface area contributed by atoms with Gasteiger partial charge in [-0.05, 0) is 19.1 Å². The van der Waals surface area contributed by atoms with Gasteiger partial charge in [0.1, 0.15) is 6.54 Å². The second kappa shape index (κ2) is 4.62. The molecule has 4 heteroatoms. The Kier molecular flexibility index (Phi) is 3.01. The number of amides is 1. The lowest BCUT2D eigenvalue weighted by Crippen LogP contribution is -2.24. The van der Waals surface area contributed by atoms with Gasteiger partial charge in [-0.2, -0.15) is 5.26 Å². The Balaban J connectivity index is 2.53. The minimum atomic E-state index is -0.242. The molecule has 0 aliphatic rings. The van der Waals surface area contributed by atoms with Crippen LogP contribution in [-0.2, 0) is 0 Å². The number of aromatic nitrogens is 1. The molecule has 0 spiro atoms. The maximum absolute atomic E-state index is 11.9. The molecule has 0 aliphatic heterocycles. The molecule has 0 radical (unpaired) electrons. The third kappa shape index (κ3) is 2.23. The number of pyridine rings is 1. The highest BCUT2D eigenvalue weighted by atomic mass is 16.1. The summed E-state index contributed by atoms with van der Waals surface area (Å²) in [5.74, 6) is -0.242. The number of nitrogens with one attached hydrogen (secondary N) is 1. The molecule has 84 valence electrons. The zero-order valence-corrected chi connectivity index (χ0v) is 9.40. The highest BCUT2D eigenvalue weighted by Crippen LogP contribution is 2.17. The van der Waals surface area contributed by atoms with Crippen LogP contribution in [-0.4, -0.2) is 17.4 Å². The van der Waals surface area contributed by atoms with Crippen LogP contribution < -0.4 is 5.32 Å². The van der Waals surface area contributed by atoms with Crippen molar-refractivity contribution in [3.63, 3.8) is 0 Å². The third-order valence-electron chi connectivity index (χ3n) is 2.42. The smallest absolute Gasteiger partial charge is 0.252 e. The zero-order valence-electron chi connectivity index (χ0n) is 9.40. The normalized spacial score (nSPS) is 9.88. The topological polar surface area (TPSA) is 65.8 Å². The number of fused-ring (bicyclic) bond motifs is 1. The van der Waals surface area contributed by atoms with Crippen molar-refractivity contribution in [1.82, 2.24) is 10.3 Å². The lowest BCUT2D eigenvalue weighted by molar-refractivity contribution is 0.0960. The average Bonchev–Trinajstić information content (AvgIpc) is 2.34. The number of rotatable bonds is 2. The fourth-order valence-electron chi connectivity index (χ4n) is 1.71. The molecule has 1 aromatic heterocycles. The van der Waals surface area contributed by atoms with E-state index in [0.29, 0.717) is 5.56 Å². The summed E-state index contributed by atoms with van der Waals surface area (Å²) in [4.78, 5) is 16.2. The Hall–Kier alpha value is -2.41. The van der Waals surface area contributed by atoms with Gasteiger partial charge in [0, 0.05) is 11.1 Å². The van der Waals surface area contributed by atoms with Crippen LogP contribution >= 0.6 is 0 Å². The predicted molar refractivity (Wildman–Crippen MR) is 64.4 cm³/mol. The first-order valence-corrected chi connectivity index (χ1v) is 5.24. The first-order valence-electron chi connectivity index (χ1n) is 5.24. The number of carbonyl (C=O) groups is 1. The van der Waals surface area contributed by atoms with Crippen molar-refractivity contribution < 1.29 is 4.79 Å². The van der Waals surface area contributed by atoms with Gasteiger partial charge in [0.05, 0.1) is 17.1 Å². The molecule has 1 N–H and O–H groups in total. The molecule has 0 fully saturated rings. The summed E-state index contributed by atoms with van der Waals surface area (Å²) in [6, 6.07) is 11.1. The van der Waals surface area contributed by atoms with Crippen molar-refractivity contribution in [2.24, 2.45) is 0 Å². The van der Waals surface area contributed by atoms with E-state index in [1.54, 1.807) is 6.07 Å². The Morgan fingerprint density at radius 1 is 1.47 bits per heavy atom. The highest BCUT2D eigenvalue weighted by Gasteiger charge is 2.10. The van der Waals surface area contributed by atoms with Crippen molar-refractivity contribution in [2.75, 3.05) is 6.54 Å². The monoisotopic (exact) mass is 225 g/mol. The summed E-state index contributed by atoms with van der Waals surface area (Å²) < 4.78 is 0. The summed E-state index contributed by atoms with van der Waals surface area (Å²) >= 11 is 0. The van der Waals surface area contributed by atoms with Gasteiger partial charge < -0.3 is 5.32 Å². The fraction of sp³-hybridized carbons (Fsp3) is 0.154. The molecule has 0 bridgehead atoms. The predicted octanol–water partition coefficient (Wildman–Crippen LogP) is 1.80. The molecule has 0 atom stereocenters. The van der Waals surface area contributed by atoms with Gasteiger partial charge in [-0.1, -0.05) is 18.2 Å². The van der Waals surface area contributed by atoms with E-state index in [-0.39, 0.29) is 12.5 Å². The van der Waals surface area contributed by atoms with E-state index in [1.807, 2.05) is 37.3 Å². The minimum Gasteiger partial charge on any atom is -0.339 e. The molecule has 2 rings (SSSR count). The van der Waals surface area contributed by atoms with Gasteiger partial charge in [0.25, 0.3) is 5.91 Å². The van der Waals surface area contributed by atoms with Crippen LogP contribution in [0.1, 0.15) is 16.1 Å². The number of carbonyl (C=O) groups excluding carboxylic acids is 1. The number of hydrogen-bond donors (Lipinski definition) is 1. The van der Waals surface area contributed by atoms with Gasteiger partial charge in [-0.15, -0.1) is 0 Å². The van der Waals surface area contributed by atoms with E-state index in [1.165, 1.54) is 0 Å². The molecule has 1 heterocycles. The van der Waals surface area contributed by atoms with Gasteiger partial charge in [-0.3, -0.25) is 9.78 Å². The maximum atomic E-state index is 11.9. The van der Waals surface area contributed by atoms with Crippen molar-refractivity contribution >= 4 is 16.8 Å². The molecule has 1 amide bonds. The second-order valence-corrected chi connectivity index (χ2v) is 3.67. The third-order valence-corrected chi connectivity index (χ3v) is 2.42. The van der Waals surface area contributed by atoms with Crippen molar-refractivity contribution in [3.8, 4) is 6.07 Å². The lowest BCUT2D eigenvalue weighted by Gasteiger charge is -2.06. The number of hydrogen-bond acceptors (Lipinski definition) is 3. The van der Waals surface area contributed by atoms with Gasteiger partial charge in [0.2, 0.25) is 0 Å². The van der Waals surface area contributed by atoms with Crippen molar-refractivity contribution in [3.05, 3.63) is 41.6 Å². The first-order chi connectivity index (χ1) is 8.22. The van der Waals surface area contributed by atoms with E-state index in [0.717, 1.165) is 16.6 Å². The van der Waals surface area contributed by atoms with Crippen LogP contribution in [0, 0.1) is 18.3 Å². The molecule has 4 nitrogen and oxygen atoms in total. The maximum Gasteiger partial charge on any atom is 0.252 e. The largest absolute Gasteiger partial charge is 0.339 e. The fourth-order valence-corrected chi connectivity index (χ4v) is 1.71. The number of benzene rings is 1. The molecule has 0 aliphatic carbocycles. The van der Waals surface area contributed by atoms with E-state index < -0.39 is 0 Å². The van der Waals surface area contributed by atoms with E-state index in [9.17, 15) is 4.79 Å². The van der Waals surface area contributed by atoms with Gasteiger partial charge in [-0.25, -0.2) is 0 Å². The van der Waals surface area contributed by atoms with E-state index in [4.69, 9.17) is 5.26 Å². The minimum absolute atomic E-state index is 0.00846. The first kappa shape index (κ1) is 11.1. The van der Waals surface area contributed by atoms with E-state index in [2.05, 4.69) is 10.3 Å². The molecule has 0 saturated heterocycles. The summed E-state index contributed by atoms with van der Waals surface area (Å²) in [5.41, 5.74) is 2.13. The quantitative estimate of drug-likeness (QED) is 0.792. The van der Waals surface area contributed by atoms with Crippen LogP contribution in [0.5, 0.6) is 0 Å². The van der Waals surface area contributed by atoms with Crippen LogP contribution in [0.15, 0.2) is 30.3 Å². The summed E-state index contributed by atoms with van der Waals surface area (Å²) in [6.45, 7) is 1.85. The molecule has 0 unspecified atom stereocenters. The van der Waals surface area contributed by atoms with E-state index >= 15 is 0 Å². The van der Waals surface area contributed by atoms with Crippen molar-refractivity contribution in [2.45, 2.75) is 6.92 Å².